The SMILES string of the molecule is FC(F)C1CC1C1CC1COC(F)(F)F. The molecule has 2 fully saturated rings. The summed E-state index contributed by atoms with van der Waals surface area (Å²) in [6.07, 6.45) is -5.85. The van der Waals surface area contributed by atoms with Crippen LogP contribution in [0.2, 0.25) is 0 Å². The minimum Gasteiger partial charge on any atom is -0.292 e. The summed E-state index contributed by atoms with van der Waals surface area (Å²) in [4.78, 5) is 0. The Balaban J connectivity index is 1.65. The van der Waals surface area contributed by atoms with Crippen molar-refractivity contribution in [2.75, 3.05) is 6.61 Å². The Labute approximate surface area is 83.6 Å². The average Bonchev–Trinajstić information content (AvgIpc) is 2.94. The van der Waals surface area contributed by atoms with Gasteiger partial charge >= 0.3 is 6.36 Å². The third kappa shape index (κ3) is 2.80. The number of halogens is 5. The first-order valence-corrected chi connectivity index (χ1v) is 4.87. The van der Waals surface area contributed by atoms with Gasteiger partial charge in [-0.1, -0.05) is 0 Å². The van der Waals surface area contributed by atoms with Gasteiger partial charge in [0.2, 0.25) is 6.43 Å². The van der Waals surface area contributed by atoms with Gasteiger partial charge in [-0.2, -0.15) is 0 Å². The molecule has 0 radical (unpaired) electrons. The molecular formula is C9H11F5O. The van der Waals surface area contributed by atoms with Crippen LogP contribution in [0.4, 0.5) is 22.0 Å². The maximum atomic E-state index is 12.1. The van der Waals surface area contributed by atoms with Crippen LogP contribution in [0.15, 0.2) is 0 Å². The van der Waals surface area contributed by atoms with Crippen molar-refractivity contribution in [2.45, 2.75) is 25.6 Å². The first-order chi connectivity index (χ1) is 6.88. The summed E-state index contributed by atoms with van der Waals surface area (Å²) >= 11 is 0. The Morgan fingerprint density at radius 1 is 1.13 bits per heavy atom. The number of alkyl halides is 5. The van der Waals surface area contributed by atoms with Gasteiger partial charge < -0.3 is 0 Å². The van der Waals surface area contributed by atoms with Crippen LogP contribution in [0.1, 0.15) is 12.8 Å². The van der Waals surface area contributed by atoms with Crippen LogP contribution in [0, 0.1) is 23.7 Å². The van der Waals surface area contributed by atoms with Gasteiger partial charge in [0.05, 0.1) is 6.61 Å². The van der Waals surface area contributed by atoms with Gasteiger partial charge in [-0.05, 0) is 30.6 Å². The van der Waals surface area contributed by atoms with Crippen LogP contribution >= 0.6 is 0 Å². The van der Waals surface area contributed by atoms with Crippen molar-refractivity contribution in [1.29, 1.82) is 0 Å². The van der Waals surface area contributed by atoms with E-state index in [-0.39, 0.29) is 24.4 Å². The van der Waals surface area contributed by atoms with Gasteiger partial charge in [0, 0.05) is 5.92 Å². The van der Waals surface area contributed by atoms with E-state index in [4.69, 9.17) is 0 Å². The second-order valence-corrected chi connectivity index (χ2v) is 4.31. The van der Waals surface area contributed by atoms with Crippen molar-refractivity contribution in [2.24, 2.45) is 23.7 Å². The molecule has 2 rings (SSSR count). The third-order valence-corrected chi connectivity index (χ3v) is 3.20. The molecule has 15 heavy (non-hydrogen) atoms. The van der Waals surface area contributed by atoms with Crippen LogP contribution < -0.4 is 0 Å². The van der Waals surface area contributed by atoms with Crippen molar-refractivity contribution < 1.29 is 26.7 Å². The van der Waals surface area contributed by atoms with Gasteiger partial charge in [-0.15, -0.1) is 13.2 Å². The minimum atomic E-state index is -4.60. The summed E-state index contributed by atoms with van der Waals surface area (Å²) in [6.45, 7) is -0.374. The number of hydrogen-bond donors (Lipinski definition) is 0. The summed E-state index contributed by atoms with van der Waals surface area (Å²) in [7, 11) is 0. The molecule has 0 saturated heterocycles. The predicted molar refractivity (Wildman–Crippen MR) is 41.2 cm³/mol. The average molecular weight is 230 g/mol. The molecule has 6 heteroatoms. The van der Waals surface area contributed by atoms with E-state index in [1.54, 1.807) is 0 Å². The molecule has 0 aliphatic heterocycles. The second-order valence-electron chi connectivity index (χ2n) is 4.31. The van der Waals surface area contributed by atoms with Gasteiger partial charge in [0.15, 0.2) is 0 Å². The standard InChI is InChI=1S/C9H11F5O/c10-8(11)7-2-6(7)5-1-4(5)3-15-9(12,13)14/h4-8H,1-3H2. The summed E-state index contributed by atoms with van der Waals surface area (Å²) in [5, 5.41) is 0. The van der Waals surface area contributed by atoms with Gasteiger partial charge in [-0.3, -0.25) is 4.74 Å². The molecule has 1 nitrogen and oxygen atoms in total. The Hall–Kier alpha value is -0.390. The van der Waals surface area contributed by atoms with Crippen LogP contribution in [0.5, 0.6) is 0 Å². The molecule has 0 amide bonds. The molecule has 2 saturated carbocycles. The van der Waals surface area contributed by atoms with Gasteiger partial charge in [0.25, 0.3) is 0 Å². The summed E-state index contributed by atoms with van der Waals surface area (Å²) in [5.74, 6) is -0.774. The van der Waals surface area contributed by atoms with Crippen molar-refractivity contribution in [3.8, 4) is 0 Å². The van der Waals surface area contributed by atoms with E-state index >= 15 is 0 Å². The first kappa shape index (κ1) is 11.1. The van der Waals surface area contributed by atoms with E-state index in [0.717, 1.165) is 0 Å². The van der Waals surface area contributed by atoms with E-state index in [9.17, 15) is 22.0 Å². The molecule has 4 unspecified atom stereocenters. The lowest BCUT2D eigenvalue weighted by molar-refractivity contribution is -0.326. The second kappa shape index (κ2) is 3.57. The largest absolute Gasteiger partial charge is 0.522 e. The maximum Gasteiger partial charge on any atom is 0.522 e. The third-order valence-electron chi connectivity index (χ3n) is 3.20. The minimum absolute atomic E-state index is 0.0337. The van der Waals surface area contributed by atoms with E-state index in [1.807, 2.05) is 0 Å². The molecule has 0 aromatic rings. The Bertz CT molecular complexity index is 239. The lowest BCUT2D eigenvalue weighted by Crippen LogP contribution is -2.15. The molecule has 88 valence electrons. The van der Waals surface area contributed by atoms with Crippen molar-refractivity contribution in [1.82, 2.24) is 0 Å². The molecule has 0 spiro atoms. The van der Waals surface area contributed by atoms with E-state index in [2.05, 4.69) is 4.74 Å². The van der Waals surface area contributed by atoms with E-state index in [1.165, 1.54) is 0 Å². The lowest BCUT2D eigenvalue weighted by atomic mass is 10.2. The zero-order valence-electron chi connectivity index (χ0n) is 7.81. The van der Waals surface area contributed by atoms with Crippen LogP contribution in [0.25, 0.3) is 0 Å². The number of hydrogen-bond acceptors (Lipinski definition) is 1. The molecule has 0 aromatic carbocycles. The Morgan fingerprint density at radius 2 is 1.80 bits per heavy atom. The van der Waals surface area contributed by atoms with Crippen molar-refractivity contribution >= 4 is 0 Å². The Kier molecular flexibility index (Phi) is 2.65. The smallest absolute Gasteiger partial charge is 0.292 e. The molecule has 2 aliphatic rings. The fraction of sp³-hybridized carbons (Fsp3) is 1.00. The van der Waals surface area contributed by atoms with Crippen LogP contribution in [-0.2, 0) is 4.74 Å². The van der Waals surface area contributed by atoms with Crippen LogP contribution in [0.3, 0.4) is 0 Å². The lowest BCUT2D eigenvalue weighted by Gasteiger charge is -2.06. The quantitative estimate of drug-likeness (QED) is 0.674. The van der Waals surface area contributed by atoms with Gasteiger partial charge in [0.1, 0.15) is 0 Å². The highest BCUT2D eigenvalue weighted by molar-refractivity contribution is 5.02. The summed E-state index contributed by atoms with van der Waals surface area (Å²) < 4.78 is 62.9. The van der Waals surface area contributed by atoms with E-state index in [0.29, 0.717) is 12.8 Å². The monoisotopic (exact) mass is 230 g/mol. The van der Waals surface area contributed by atoms with Crippen LogP contribution in [-0.4, -0.2) is 19.4 Å². The first-order valence-electron chi connectivity index (χ1n) is 4.87. The molecule has 0 N–H and O–H groups in total. The highest BCUT2D eigenvalue weighted by Crippen LogP contribution is 2.59. The normalized spacial score (nSPS) is 39.6. The van der Waals surface area contributed by atoms with Crippen molar-refractivity contribution in [3.05, 3.63) is 0 Å². The molecule has 2 aliphatic carbocycles. The number of rotatable bonds is 4. The topological polar surface area (TPSA) is 9.23 Å². The summed E-state index contributed by atoms with van der Waals surface area (Å²) in [6, 6.07) is 0. The fourth-order valence-corrected chi connectivity index (χ4v) is 2.21. The van der Waals surface area contributed by atoms with Gasteiger partial charge in [-0.25, -0.2) is 8.78 Å². The fourth-order valence-electron chi connectivity index (χ4n) is 2.21. The Morgan fingerprint density at radius 3 is 2.27 bits per heavy atom. The summed E-state index contributed by atoms with van der Waals surface area (Å²) in [5.41, 5.74) is 0. The highest BCUT2D eigenvalue weighted by atomic mass is 19.4. The molecular weight excluding hydrogens is 219 g/mol. The predicted octanol–water partition coefficient (Wildman–Crippen LogP) is 3.06. The molecule has 0 heterocycles. The highest BCUT2D eigenvalue weighted by Gasteiger charge is 2.56. The molecule has 0 bridgehead atoms. The maximum absolute atomic E-state index is 12.1. The zero-order valence-corrected chi connectivity index (χ0v) is 7.81. The van der Waals surface area contributed by atoms with Crippen molar-refractivity contribution in [3.63, 3.8) is 0 Å². The zero-order chi connectivity index (χ0) is 11.2. The van der Waals surface area contributed by atoms with E-state index < -0.39 is 18.7 Å². The molecule has 4 atom stereocenters. The molecule has 0 aromatic heterocycles. The number of ether oxygens (including phenoxy) is 1.